The molecule has 0 spiro atoms. The van der Waals surface area contributed by atoms with Crippen LogP contribution in [-0.2, 0) is 16.1 Å². The molecular formula is C19H25NO3. The zero-order valence-electron chi connectivity index (χ0n) is 13.9. The molecule has 1 fully saturated rings. The van der Waals surface area contributed by atoms with E-state index in [1.54, 1.807) is 4.90 Å². The first kappa shape index (κ1) is 16.0. The summed E-state index contributed by atoms with van der Waals surface area (Å²) in [4.78, 5) is 26.5. The Kier molecular flexibility index (Phi) is 4.17. The lowest BCUT2D eigenvalue weighted by Gasteiger charge is -2.40. The van der Waals surface area contributed by atoms with Crippen LogP contribution in [0.2, 0.25) is 0 Å². The summed E-state index contributed by atoms with van der Waals surface area (Å²) in [5.41, 5.74) is 1.40. The number of hydrogen-bond acceptors (Lipinski definition) is 2. The van der Waals surface area contributed by atoms with Gasteiger partial charge in [0.25, 0.3) is 0 Å². The number of carboxylic acid groups (broad SMARTS) is 1. The summed E-state index contributed by atoms with van der Waals surface area (Å²) in [5, 5.41) is 9.56. The van der Waals surface area contributed by atoms with Crippen LogP contribution in [0.4, 0.5) is 0 Å². The fourth-order valence-electron chi connectivity index (χ4n) is 4.20. The molecule has 0 radical (unpaired) electrons. The summed E-state index contributed by atoms with van der Waals surface area (Å²) < 4.78 is 0. The molecule has 1 atom stereocenters. The van der Waals surface area contributed by atoms with Gasteiger partial charge in [-0.15, -0.1) is 0 Å². The van der Waals surface area contributed by atoms with Gasteiger partial charge in [0.1, 0.15) is 0 Å². The highest BCUT2D eigenvalue weighted by molar-refractivity contribution is 5.85. The molecule has 1 N–H and O–H groups in total. The average molecular weight is 315 g/mol. The molecule has 4 heteroatoms. The van der Waals surface area contributed by atoms with Crippen molar-refractivity contribution in [3.8, 4) is 0 Å². The Morgan fingerprint density at radius 1 is 1.17 bits per heavy atom. The summed E-state index contributed by atoms with van der Waals surface area (Å²) in [6.07, 6.45) is 4.60. The Hall–Kier alpha value is -1.84. The van der Waals surface area contributed by atoms with Gasteiger partial charge in [0.15, 0.2) is 0 Å². The van der Waals surface area contributed by atoms with Crippen LogP contribution in [0.25, 0.3) is 0 Å². The lowest BCUT2D eigenvalue weighted by atomic mass is 9.76. The third-order valence-corrected chi connectivity index (χ3v) is 5.71. The van der Waals surface area contributed by atoms with E-state index in [4.69, 9.17) is 0 Å². The fourth-order valence-corrected chi connectivity index (χ4v) is 4.20. The van der Waals surface area contributed by atoms with Crippen molar-refractivity contribution < 1.29 is 14.7 Å². The van der Waals surface area contributed by atoms with Gasteiger partial charge in [-0.05, 0) is 29.9 Å². The van der Waals surface area contributed by atoms with Crippen LogP contribution in [0.5, 0.6) is 0 Å². The van der Waals surface area contributed by atoms with Crippen molar-refractivity contribution in [3.63, 3.8) is 0 Å². The Morgan fingerprint density at radius 3 is 2.48 bits per heavy atom. The van der Waals surface area contributed by atoms with Crippen LogP contribution in [0, 0.1) is 11.3 Å². The smallest absolute Gasteiger partial charge is 0.312 e. The highest BCUT2D eigenvalue weighted by atomic mass is 16.4. The first-order valence-electron chi connectivity index (χ1n) is 8.51. The average Bonchev–Trinajstić information content (AvgIpc) is 3.08. The molecule has 0 saturated heterocycles. The summed E-state index contributed by atoms with van der Waals surface area (Å²) in [6, 6.07) is 7.59. The van der Waals surface area contributed by atoms with Gasteiger partial charge >= 0.3 is 5.97 Å². The maximum atomic E-state index is 13.1. The van der Waals surface area contributed by atoms with Gasteiger partial charge in [0.05, 0.1) is 5.92 Å². The topological polar surface area (TPSA) is 57.6 Å². The predicted octanol–water partition coefficient (Wildman–Crippen LogP) is 3.41. The number of rotatable bonds is 3. The van der Waals surface area contributed by atoms with Crippen molar-refractivity contribution in [2.45, 2.75) is 52.0 Å². The molecule has 2 aliphatic rings. The molecule has 1 aliphatic carbocycles. The Morgan fingerprint density at radius 2 is 1.83 bits per heavy atom. The van der Waals surface area contributed by atoms with Crippen LogP contribution in [0.1, 0.15) is 56.6 Å². The number of hydrogen-bond donors (Lipinski definition) is 1. The summed E-state index contributed by atoms with van der Waals surface area (Å²) in [5.74, 6) is -0.961. The zero-order valence-corrected chi connectivity index (χ0v) is 13.9. The highest BCUT2D eigenvalue weighted by Crippen LogP contribution is 2.42. The molecule has 0 bridgehead atoms. The first-order valence-corrected chi connectivity index (χ1v) is 8.51. The maximum Gasteiger partial charge on any atom is 0.312 e. The van der Waals surface area contributed by atoms with Gasteiger partial charge in [0.2, 0.25) is 5.91 Å². The van der Waals surface area contributed by atoms with E-state index in [9.17, 15) is 14.7 Å². The predicted molar refractivity (Wildman–Crippen MR) is 88.0 cm³/mol. The van der Waals surface area contributed by atoms with Crippen molar-refractivity contribution in [2.75, 3.05) is 6.54 Å². The summed E-state index contributed by atoms with van der Waals surface area (Å²) in [6.45, 7) is 4.86. The van der Waals surface area contributed by atoms with Crippen molar-refractivity contribution in [2.24, 2.45) is 11.3 Å². The molecule has 1 saturated carbocycles. The molecule has 1 aromatic rings. The highest BCUT2D eigenvalue weighted by Gasteiger charge is 2.43. The van der Waals surface area contributed by atoms with E-state index in [0.717, 1.165) is 24.0 Å². The second-order valence-corrected chi connectivity index (χ2v) is 7.48. The fraction of sp³-hybridized carbons (Fsp3) is 0.579. The Labute approximate surface area is 137 Å². The van der Waals surface area contributed by atoms with E-state index in [2.05, 4.69) is 0 Å². The molecule has 1 amide bonds. The van der Waals surface area contributed by atoms with Gasteiger partial charge < -0.3 is 10.0 Å². The van der Waals surface area contributed by atoms with Gasteiger partial charge in [-0.1, -0.05) is 51.0 Å². The van der Waals surface area contributed by atoms with Crippen LogP contribution in [0.3, 0.4) is 0 Å². The molecule has 1 heterocycles. The standard InChI is InChI=1S/C19H25NO3/c1-19(2,14-8-4-5-9-14)18(23)20-11-13-7-3-6-10-15(13)16(12-20)17(21)22/h3,6-7,10,14,16H,4-5,8-9,11-12H2,1-2H3,(H,21,22). The van der Waals surface area contributed by atoms with Crippen molar-refractivity contribution in [3.05, 3.63) is 35.4 Å². The molecule has 1 aliphatic heterocycles. The Balaban J connectivity index is 1.86. The molecule has 3 rings (SSSR count). The number of carbonyl (C=O) groups is 2. The number of carbonyl (C=O) groups excluding carboxylic acids is 1. The van der Waals surface area contributed by atoms with Gasteiger partial charge in [-0.25, -0.2) is 0 Å². The van der Waals surface area contributed by atoms with E-state index in [1.165, 1.54) is 12.8 Å². The van der Waals surface area contributed by atoms with Crippen LogP contribution in [0.15, 0.2) is 24.3 Å². The SMILES string of the molecule is CC(C)(C(=O)N1Cc2ccccc2C(C(=O)O)C1)C1CCCC1. The molecule has 1 aromatic carbocycles. The molecule has 124 valence electrons. The Bertz CT molecular complexity index is 617. The van der Waals surface area contributed by atoms with E-state index in [1.807, 2.05) is 38.1 Å². The number of nitrogens with zero attached hydrogens (tertiary/aromatic N) is 1. The van der Waals surface area contributed by atoms with Crippen LogP contribution in [-0.4, -0.2) is 28.4 Å². The third-order valence-electron chi connectivity index (χ3n) is 5.71. The molecular weight excluding hydrogens is 290 g/mol. The first-order chi connectivity index (χ1) is 10.9. The van der Waals surface area contributed by atoms with Crippen molar-refractivity contribution in [1.29, 1.82) is 0 Å². The summed E-state index contributed by atoms with van der Waals surface area (Å²) >= 11 is 0. The monoisotopic (exact) mass is 315 g/mol. The number of amides is 1. The molecule has 4 nitrogen and oxygen atoms in total. The second-order valence-electron chi connectivity index (χ2n) is 7.48. The number of carboxylic acids is 1. The minimum atomic E-state index is -0.853. The quantitative estimate of drug-likeness (QED) is 0.930. The lowest BCUT2D eigenvalue weighted by molar-refractivity contribution is -0.147. The third kappa shape index (κ3) is 2.87. The van der Waals surface area contributed by atoms with Gasteiger partial charge in [-0.2, -0.15) is 0 Å². The zero-order chi connectivity index (χ0) is 16.6. The largest absolute Gasteiger partial charge is 0.481 e. The van der Waals surface area contributed by atoms with E-state index >= 15 is 0 Å². The number of fused-ring (bicyclic) bond motifs is 1. The van der Waals surface area contributed by atoms with E-state index < -0.39 is 17.3 Å². The van der Waals surface area contributed by atoms with Gasteiger partial charge in [0, 0.05) is 18.5 Å². The number of aliphatic carboxylic acids is 1. The van der Waals surface area contributed by atoms with Crippen LogP contribution < -0.4 is 0 Å². The minimum Gasteiger partial charge on any atom is -0.481 e. The van der Waals surface area contributed by atoms with Crippen molar-refractivity contribution >= 4 is 11.9 Å². The van der Waals surface area contributed by atoms with E-state index in [-0.39, 0.29) is 12.5 Å². The van der Waals surface area contributed by atoms with Gasteiger partial charge in [-0.3, -0.25) is 9.59 Å². The maximum absolute atomic E-state index is 13.1. The lowest BCUT2D eigenvalue weighted by Crippen LogP contribution is -2.48. The normalized spacial score (nSPS) is 22.0. The molecule has 0 aromatic heterocycles. The van der Waals surface area contributed by atoms with Crippen molar-refractivity contribution in [1.82, 2.24) is 4.90 Å². The second kappa shape index (κ2) is 5.99. The van der Waals surface area contributed by atoms with E-state index in [0.29, 0.717) is 12.5 Å². The molecule has 1 unspecified atom stereocenters. The van der Waals surface area contributed by atoms with Crippen LogP contribution >= 0.6 is 0 Å². The minimum absolute atomic E-state index is 0.102. The molecule has 23 heavy (non-hydrogen) atoms. The number of benzene rings is 1. The summed E-state index contributed by atoms with van der Waals surface area (Å²) in [7, 11) is 0.